The van der Waals surface area contributed by atoms with Gasteiger partial charge in [-0.2, -0.15) is 0 Å². The van der Waals surface area contributed by atoms with E-state index in [1.165, 1.54) is 33.4 Å². The molecule has 0 heterocycles. The van der Waals surface area contributed by atoms with Crippen LogP contribution in [0.1, 0.15) is 237 Å². The average Bonchev–Trinajstić information content (AvgIpc) is 0.831. The van der Waals surface area contributed by atoms with Crippen LogP contribution in [0, 0.1) is 46.3 Å². The summed E-state index contributed by atoms with van der Waals surface area (Å²) in [4.78, 5) is 164. The predicted molar refractivity (Wildman–Crippen MR) is 466 cm³/mol. The smallest absolute Gasteiger partial charge is 0.367 e. The van der Waals surface area contributed by atoms with Crippen LogP contribution in [0.2, 0.25) is 0 Å². The molecule has 0 fully saturated rings. The molecule has 25 nitrogen and oxygen atoms in total. The van der Waals surface area contributed by atoms with Crippen molar-refractivity contribution in [3.63, 3.8) is 0 Å². The maximum absolute atomic E-state index is 14.0. The highest BCUT2D eigenvalue weighted by Gasteiger charge is 2.42. The Kier molecular flexibility index (Phi) is 46.9. The third-order valence-corrected chi connectivity index (χ3v) is 27.4. The summed E-state index contributed by atoms with van der Waals surface area (Å²) in [6.45, 7) is 17.8. The summed E-state index contributed by atoms with van der Waals surface area (Å²) in [5.74, 6) is -4.78. The molecule has 0 aromatic heterocycles. The van der Waals surface area contributed by atoms with Crippen LogP contribution in [-0.2, 0) is 90.3 Å². The van der Waals surface area contributed by atoms with E-state index in [4.69, 9.17) is 61.6 Å². The van der Waals surface area contributed by atoms with E-state index in [0.29, 0.717) is 0 Å². The first-order valence-electron chi connectivity index (χ1n) is 42.2. The first kappa shape index (κ1) is 102. The number of carbonyl (C=O) groups excluding carboxylic acids is 12. The van der Waals surface area contributed by atoms with Crippen molar-refractivity contribution in [2.45, 2.75) is 274 Å². The summed E-state index contributed by atoms with van der Waals surface area (Å²) in [6.07, 6.45) is 23.4. The lowest BCUT2D eigenvalue weighted by atomic mass is 9.87. The lowest BCUT2D eigenvalue weighted by Crippen LogP contribution is -2.47. The number of allylic oxidation sites excluding steroid dienone is 12. The number of hydrogen-bond acceptors (Lipinski definition) is 31. The maximum Gasteiger partial charge on any atom is 0.367 e. The van der Waals surface area contributed by atoms with Gasteiger partial charge in [-0.3, -0.25) is 28.8 Å². The van der Waals surface area contributed by atoms with Gasteiger partial charge in [0.15, 0.2) is 0 Å². The lowest BCUT2D eigenvalue weighted by Gasteiger charge is -2.35. The second-order valence-electron chi connectivity index (χ2n) is 33.0. The molecule has 0 aromatic rings. The van der Waals surface area contributed by atoms with Crippen molar-refractivity contribution in [3.8, 4) is 0 Å². The van der Waals surface area contributed by atoms with Crippen molar-refractivity contribution >= 4 is 138 Å². The third-order valence-electron chi connectivity index (χ3n) is 23.0. The first-order chi connectivity index (χ1) is 56.7. The summed E-state index contributed by atoms with van der Waals surface area (Å²) >= 11 is 4.67. The molecule has 0 radical (unpaired) electrons. The summed E-state index contributed by atoms with van der Waals surface area (Å²) < 4.78 is 77.0. The number of esters is 6. The van der Waals surface area contributed by atoms with Gasteiger partial charge in [-0.15, -0.1) is 0 Å². The molecule has 0 N–H and O–H groups in total. The summed E-state index contributed by atoms with van der Waals surface area (Å²) in [7, 11) is 0. The zero-order valence-electron chi connectivity index (χ0n) is 71.9. The number of carbonyl (C=O) groups is 12. The van der Waals surface area contributed by atoms with E-state index >= 15 is 0 Å². The molecule has 0 amide bonds. The molecule has 0 bridgehead atoms. The van der Waals surface area contributed by atoms with Gasteiger partial charge in [0.05, 0.1) is 62.6 Å². The van der Waals surface area contributed by atoms with Gasteiger partial charge in [-0.1, -0.05) is 69.9 Å². The van der Waals surface area contributed by atoms with Crippen LogP contribution in [0.15, 0.2) is 69.9 Å². The molecule has 12 unspecified atom stereocenters. The minimum absolute atomic E-state index is 0.0762. The van der Waals surface area contributed by atoms with Gasteiger partial charge >= 0.3 is 67.6 Å². The second-order valence-corrected chi connectivity index (χ2v) is 39.2. The Morgan fingerprint density at radius 1 is 0.269 bits per heavy atom. The van der Waals surface area contributed by atoms with Gasteiger partial charge in [-0.25, -0.2) is 28.8 Å². The van der Waals surface area contributed by atoms with Crippen LogP contribution in [0.4, 0.5) is 28.8 Å². The van der Waals surface area contributed by atoms with E-state index in [2.05, 4.69) is 78.0 Å². The van der Waals surface area contributed by atoms with E-state index in [9.17, 15) is 57.5 Å². The fourth-order valence-corrected chi connectivity index (χ4v) is 18.2. The van der Waals surface area contributed by atoms with E-state index in [1.807, 2.05) is 41.5 Å². The molecule has 0 saturated heterocycles. The molecular formula is C88H130O25S6. The molecule has 12 atom stereocenters. The Hall–Kier alpha value is -5.86. The van der Waals surface area contributed by atoms with Crippen molar-refractivity contribution in [3.05, 3.63) is 69.9 Å². The molecule has 119 heavy (non-hydrogen) atoms. The fraction of sp³-hybridized carbons (Fsp3) is 0.727. The Morgan fingerprint density at radius 3 is 0.555 bits per heavy atom. The quantitative estimate of drug-likeness (QED) is 0.0310. The SMILES string of the molecule is CC1=CCC(C(C)OC(=O)SCCC(=O)OCC(COCC(COC(=O)CCSC(=O)OC(C)C2CC=C(C)CC2)(COC(=O)CCSC(=O)OC(C)C2CC=C(C)CC2)COC(=O)CCSC(=O)OC(C)C2CC=C(C)CC2)(COC(=O)CCSC(=O)OC(C)C2CC=C(C)CC2)COC(=O)CCSC(=O)OC(C)C2CC=C(C)CC2)CC1. The van der Waals surface area contributed by atoms with E-state index < -0.39 is 168 Å². The van der Waals surface area contributed by atoms with Gasteiger partial charge in [0.25, 0.3) is 0 Å². The molecule has 0 spiro atoms. The van der Waals surface area contributed by atoms with Crippen LogP contribution >= 0.6 is 70.6 Å². The predicted octanol–water partition coefficient (Wildman–Crippen LogP) is 20.6. The van der Waals surface area contributed by atoms with Crippen molar-refractivity contribution in [1.82, 2.24) is 0 Å². The van der Waals surface area contributed by atoms with Crippen molar-refractivity contribution in [1.29, 1.82) is 0 Å². The standard InChI is InChI=1S/C88H130O25S6/c1-57-13-25-69(26-14-57)63(7)108-81(95)114-43-37-75(89)102-51-87(52-103-76(90)38-44-115-82(96)109-64(8)70-27-15-58(2)16-28-70,53-104-77(91)39-45-116-83(97)110-65(9)71-29-17-59(3)18-30-71)49-101-50-88(54-105-78(92)40-46-117-84(98)111-66(10)72-31-19-60(4)20-32-72,55-106-79(93)41-47-118-85(99)112-67(11)73-33-21-61(5)22-34-73)56-107-80(94)42-48-119-86(100)113-68(12)74-35-23-62(6)24-36-74/h13,15,17,19,21,23,63-74H,14,16,18,20,22,24-56H2,1-12H3. The van der Waals surface area contributed by atoms with Crippen molar-refractivity contribution in [2.75, 3.05) is 87.4 Å². The van der Waals surface area contributed by atoms with Gasteiger partial charge in [-0.05, 0) is 305 Å². The molecule has 0 saturated carbocycles. The Morgan fingerprint density at radius 2 is 0.420 bits per heavy atom. The monoisotopic (exact) mass is 1780 g/mol. The van der Waals surface area contributed by atoms with E-state index in [0.717, 1.165) is 186 Å². The zero-order valence-corrected chi connectivity index (χ0v) is 76.8. The van der Waals surface area contributed by atoms with Crippen molar-refractivity contribution in [2.24, 2.45) is 46.3 Å². The van der Waals surface area contributed by atoms with Crippen LogP contribution < -0.4 is 0 Å². The van der Waals surface area contributed by atoms with E-state index in [-0.39, 0.29) is 109 Å². The first-order valence-corrected chi connectivity index (χ1v) is 48.1. The summed E-state index contributed by atoms with van der Waals surface area (Å²) in [5.41, 5.74) is 3.89. The van der Waals surface area contributed by atoms with Crippen molar-refractivity contribution < 1.29 is 119 Å². The third kappa shape index (κ3) is 41.0. The van der Waals surface area contributed by atoms with Crippen LogP contribution in [-0.4, -0.2) is 192 Å². The molecule has 6 rings (SSSR count). The summed E-state index contributed by atoms with van der Waals surface area (Å²) in [5, 5.41) is -3.56. The minimum atomic E-state index is -1.87. The number of ether oxygens (including phenoxy) is 13. The van der Waals surface area contributed by atoms with Crippen LogP contribution in [0.25, 0.3) is 0 Å². The molecule has 668 valence electrons. The molecule has 31 heteroatoms. The number of rotatable bonds is 46. The van der Waals surface area contributed by atoms with Crippen LogP contribution in [0.3, 0.4) is 0 Å². The average molecular weight is 1780 g/mol. The Balaban J connectivity index is 1.29. The largest absolute Gasteiger partial charge is 0.465 e. The Labute approximate surface area is 729 Å². The highest BCUT2D eigenvalue weighted by Crippen LogP contribution is 2.36. The van der Waals surface area contributed by atoms with Gasteiger partial charge in [0.1, 0.15) is 76.3 Å². The molecule has 0 aliphatic heterocycles. The highest BCUT2D eigenvalue weighted by molar-refractivity contribution is 8.14. The lowest BCUT2D eigenvalue weighted by molar-refractivity contribution is -0.174. The summed E-state index contributed by atoms with van der Waals surface area (Å²) in [6, 6.07) is 0. The normalized spacial score (nSPS) is 21.9. The molecular weight excluding hydrogens is 1650 g/mol. The Bertz CT molecular complexity index is 2980. The van der Waals surface area contributed by atoms with Crippen LogP contribution in [0.5, 0.6) is 0 Å². The van der Waals surface area contributed by atoms with Gasteiger partial charge in [0.2, 0.25) is 0 Å². The second kappa shape index (κ2) is 54.7. The van der Waals surface area contributed by atoms with Gasteiger partial charge < -0.3 is 61.6 Å². The fourth-order valence-electron chi connectivity index (χ4n) is 14.3. The molecule has 6 aliphatic carbocycles. The zero-order chi connectivity index (χ0) is 86.9. The highest BCUT2D eigenvalue weighted by atomic mass is 32.2. The maximum atomic E-state index is 14.0. The van der Waals surface area contributed by atoms with Gasteiger partial charge in [0, 0.05) is 34.5 Å². The topological polar surface area (TPSA) is 325 Å². The molecule has 0 aromatic carbocycles. The number of hydrogen-bond donors (Lipinski definition) is 0. The minimum Gasteiger partial charge on any atom is -0.465 e. The van der Waals surface area contributed by atoms with E-state index in [1.54, 1.807) is 0 Å². The molecule has 6 aliphatic rings. The number of thioether (sulfide) groups is 6.